The Labute approximate surface area is 198 Å². The monoisotopic (exact) mass is 460 g/mol. The lowest BCUT2D eigenvalue weighted by atomic mass is 9.76. The van der Waals surface area contributed by atoms with E-state index in [1.54, 1.807) is 29.2 Å². The van der Waals surface area contributed by atoms with Crippen molar-refractivity contribution in [2.45, 2.75) is 39.5 Å². The Kier molecular flexibility index (Phi) is 5.71. The molecule has 3 fully saturated rings. The van der Waals surface area contributed by atoms with E-state index in [9.17, 15) is 19.2 Å². The average Bonchev–Trinajstić information content (AvgIpc) is 3.32. The van der Waals surface area contributed by atoms with Crippen LogP contribution in [0.15, 0.2) is 48.5 Å². The van der Waals surface area contributed by atoms with Gasteiger partial charge in [0, 0.05) is 24.7 Å². The molecular weight excluding hydrogens is 432 g/mol. The van der Waals surface area contributed by atoms with Gasteiger partial charge in [0.15, 0.2) is 0 Å². The van der Waals surface area contributed by atoms with Crippen LogP contribution in [0.3, 0.4) is 0 Å². The number of nitrogens with zero attached hydrogens (tertiary/aromatic N) is 2. The van der Waals surface area contributed by atoms with Crippen LogP contribution in [0.1, 0.15) is 38.2 Å². The standard InChI is InChI=1S/C27H28N2O5/c1-16-6-9-19(10-7-16)28-15-18(13-24(28)30)27(33)34-21-5-3-4-20(14-21)29-25(31)22-11-8-17(2)12-23(22)26(29)32/h3-7,9-10,14,17-18,22-23H,8,11-13,15H2,1-2H3/t17-,18-,22-,23-/m1/s1. The molecule has 2 aliphatic heterocycles. The SMILES string of the molecule is Cc1ccc(N2C[C@H](C(=O)Oc3cccc(N4C(=O)[C@@H]5CC[C@@H](C)C[C@H]5C4=O)c3)CC2=O)cc1. The van der Waals surface area contributed by atoms with Crippen LogP contribution in [0.25, 0.3) is 0 Å². The molecule has 1 saturated carbocycles. The fourth-order valence-electron chi connectivity index (χ4n) is 5.37. The first-order chi connectivity index (χ1) is 16.3. The highest BCUT2D eigenvalue weighted by Gasteiger charge is 2.50. The van der Waals surface area contributed by atoms with Crippen molar-refractivity contribution in [3.63, 3.8) is 0 Å². The second kappa shape index (κ2) is 8.70. The smallest absolute Gasteiger partial charge is 0.316 e. The molecule has 3 amide bonds. The maximum atomic E-state index is 13.0. The molecular formula is C27H28N2O5. The topological polar surface area (TPSA) is 84.0 Å². The lowest BCUT2D eigenvalue weighted by Gasteiger charge is -2.25. The van der Waals surface area contributed by atoms with Crippen molar-refractivity contribution >= 4 is 35.1 Å². The predicted octanol–water partition coefficient (Wildman–Crippen LogP) is 3.88. The highest BCUT2D eigenvalue weighted by molar-refractivity contribution is 6.22. The van der Waals surface area contributed by atoms with E-state index in [1.807, 2.05) is 31.2 Å². The van der Waals surface area contributed by atoms with Gasteiger partial charge in [0.2, 0.25) is 17.7 Å². The minimum atomic E-state index is -0.586. The van der Waals surface area contributed by atoms with Gasteiger partial charge in [0.25, 0.3) is 0 Å². The van der Waals surface area contributed by atoms with Crippen molar-refractivity contribution in [1.82, 2.24) is 0 Å². The third-order valence-corrected chi connectivity index (χ3v) is 7.29. The first-order valence-corrected chi connectivity index (χ1v) is 11.9. The third kappa shape index (κ3) is 4.00. The normalized spacial score (nSPS) is 26.7. The molecule has 34 heavy (non-hydrogen) atoms. The van der Waals surface area contributed by atoms with Gasteiger partial charge in [0.05, 0.1) is 23.4 Å². The largest absolute Gasteiger partial charge is 0.426 e. The van der Waals surface area contributed by atoms with Gasteiger partial charge in [0.1, 0.15) is 5.75 Å². The lowest BCUT2D eigenvalue weighted by molar-refractivity contribution is -0.139. The molecule has 5 rings (SSSR count). The fraction of sp³-hybridized carbons (Fsp3) is 0.407. The highest BCUT2D eigenvalue weighted by Crippen LogP contribution is 2.42. The summed E-state index contributed by atoms with van der Waals surface area (Å²) in [4.78, 5) is 54.2. The van der Waals surface area contributed by atoms with E-state index < -0.39 is 11.9 Å². The quantitative estimate of drug-likeness (QED) is 0.393. The molecule has 7 heteroatoms. The average molecular weight is 461 g/mol. The van der Waals surface area contributed by atoms with Gasteiger partial charge in [-0.15, -0.1) is 0 Å². The molecule has 2 aromatic rings. The summed E-state index contributed by atoms with van der Waals surface area (Å²) in [5.41, 5.74) is 2.27. The molecule has 0 aromatic heterocycles. The summed E-state index contributed by atoms with van der Waals surface area (Å²) in [6, 6.07) is 14.1. The minimum Gasteiger partial charge on any atom is -0.426 e. The van der Waals surface area contributed by atoms with E-state index in [1.165, 1.54) is 4.90 Å². The maximum Gasteiger partial charge on any atom is 0.316 e. The summed E-state index contributed by atoms with van der Waals surface area (Å²) in [6.07, 6.45) is 2.49. The van der Waals surface area contributed by atoms with Crippen LogP contribution in [0.4, 0.5) is 11.4 Å². The number of hydrogen-bond donors (Lipinski definition) is 0. The number of aryl methyl sites for hydroxylation is 1. The van der Waals surface area contributed by atoms with Crippen LogP contribution >= 0.6 is 0 Å². The third-order valence-electron chi connectivity index (χ3n) is 7.29. The van der Waals surface area contributed by atoms with Crippen LogP contribution in [-0.4, -0.2) is 30.2 Å². The van der Waals surface area contributed by atoms with E-state index in [2.05, 4.69) is 6.92 Å². The Bertz CT molecular complexity index is 1160. The molecule has 0 radical (unpaired) electrons. The van der Waals surface area contributed by atoms with Crippen LogP contribution in [0, 0.1) is 30.6 Å². The van der Waals surface area contributed by atoms with Crippen LogP contribution in [0.2, 0.25) is 0 Å². The van der Waals surface area contributed by atoms with Crippen molar-refractivity contribution < 1.29 is 23.9 Å². The summed E-state index contributed by atoms with van der Waals surface area (Å²) in [6.45, 7) is 4.34. The Hall–Kier alpha value is -3.48. The highest BCUT2D eigenvalue weighted by atomic mass is 16.5. The fourth-order valence-corrected chi connectivity index (χ4v) is 5.37. The molecule has 4 atom stereocenters. The van der Waals surface area contributed by atoms with E-state index in [0.717, 1.165) is 30.5 Å². The van der Waals surface area contributed by atoms with Crippen molar-refractivity contribution in [3.8, 4) is 5.75 Å². The van der Waals surface area contributed by atoms with Gasteiger partial charge in [-0.2, -0.15) is 0 Å². The molecule has 1 aliphatic carbocycles. The molecule has 7 nitrogen and oxygen atoms in total. The molecule has 2 heterocycles. The Balaban J connectivity index is 1.28. The second-order valence-electron chi connectivity index (χ2n) is 9.80. The molecule has 0 N–H and O–H groups in total. The molecule has 2 aromatic carbocycles. The van der Waals surface area contributed by atoms with E-state index in [4.69, 9.17) is 4.74 Å². The molecule has 176 valence electrons. The first kappa shape index (κ1) is 22.3. The van der Waals surface area contributed by atoms with Crippen molar-refractivity contribution in [3.05, 3.63) is 54.1 Å². The van der Waals surface area contributed by atoms with E-state index in [0.29, 0.717) is 11.6 Å². The number of anilines is 2. The molecule has 0 spiro atoms. The zero-order valence-electron chi connectivity index (χ0n) is 19.4. The van der Waals surface area contributed by atoms with Gasteiger partial charge < -0.3 is 9.64 Å². The van der Waals surface area contributed by atoms with Crippen LogP contribution in [-0.2, 0) is 19.2 Å². The summed E-state index contributed by atoms with van der Waals surface area (Å²) in [5, 5.41) is 0. The van der Waals surface area contributed by atoms with Gasteiger partial charge >= 0.3 is 5.97 Å². The van der Waals surface area contributed by atoms with Gasteiger partial charge in [-0.1, -0.05) is 30.7 Å². The minimum absolute atomic E-state index is 0.0804. The number of carbonyl (C=O) groups is 4. The molecule has 0 unspecified atom stereocenters. The van der Waals surface area contributed by atoms with Gasteiger partial charge in [-0.3, -0.25) is 19.2 Å². The van der Waals surface area contributed by atoms with Crippen molar-refractivity contribution in [1.29, 1.82) is 0 Å². The summed E-state index contributed by atoms with van der Waals surface area (Å²) >= 11 is 0. The molecule has 3 aliphatic rings. The van der Waals surface area contributed by atoms with Crippen molar-refractivity contribution in [2.75, 3.05) is 16.3 Å². The number of fused-ring (bicyclic) bond motifs is 1. The summed E-state index contributed by atoms with van der Waals surface area (Å²) < 4.78 is 5.59. The zero-order valence-corrected chi connectivity index (χ0v) is 19.4. The number of ether oxygens (including phenoxy) is 1. The van der Waals surface area contributed by atoms with Crippen LogP contribution < -0.4 is 14.5 Å². The second-order valence-corrected chi connectivity index (χ2v) is 9.80. The summed E-state index contributed by atoms with van der Waals surface area (Å²) in [5.74, 6) is -1.37. The summed E-state index contributed by atoms with van der Waals surface area (Å²) in [7, 11) is 0. The number of hydrogen-bond acceptors (Lipinski definition) is 5. The number of carbonyl (C=O) groups excluding carboxylic acids is 4. The Morgan fingerprint density at radius 3 is 2.44 bits per heavy atom. The van der Waals surface area contributed by atoms with E-state index in [-0.39, 0.29) is 48.3 Å². The Morgan fingerprint density at radius 1 is 0.941 bits per heavy atom. The van der Waals surface area contributed by atoms with Gasteiger partial charge in [-0.05, 0) is 56.4 Å². The lowest BCUT2D eigenvalue weighted by Crippen LogP contribution is -2.31. The number of benzene rings is 2. The number of esters is 1. The van der Waals surface area contributed by atoms with Crippen molar-refractivity contribution in [2.24, 2.45) is 23.7 Å². The van der Waals surface area contributed by atoms with E-state index >= 15 is 0 Å². The zero-order chi connectivity index (χ0) is 24.0. The predicted molar refractivity (Wildman–Crippen MR) is 126 cm³/mol. The number of rotatable bonds is 4. The van der Waals surface area contributed by atoms with Crippen LogP contribution in [0.5, 0.6) is 5.75 Å². The van der Waals surface area contributed by atoms with Gasteiger partial charge in [-0.25, -0.2) is 4.90 Å². The number of amides is 3. The number of imide groups is 1. The first-order valence-electron chi connectivity index (χ1n) is 11.9. The Morgan fingerprint density at radius 2 is 1.68 bits per heavy atom. The molecule has 2 saturated heterocycles. The molecule has 0 bridgehead atoms. The maximum absolute atomic E-state index is 13.0.